The van der Waals surface area contributed by atoms with Crippen molar-refractivity contribution in [3.63, 3.8) is 0 Å². The Balaban J connectivity index is 1.53. The number of likely N-dealkylation sites (tertiary alicyclic amines) is 1. The predicted molar refractivity (Wildman–Crippen MR) is 153 cm³/mol. The van der Waals surface area contributed by atoms with Crippen molar-refractivity contribution in [2.75, 3.05) is 19.7 Å². The lowest BCUT2D eigenvalue weighted by molar-refractivity contribution is 0.0110. The summed E-state index contributed by atoms with van der Waals surface area (Å²) in [5.41, 5.74) is 0.281. The Kier molecular flexibility index (Phi) is 9.42. The Morgan fingerprint density at radius 1 is 1.02 bits per heavy atom. The van der Waals surface area contributed by atoms with Crippen molar-refractivity contribution in [3.05, 3.63) is 94.5 Å². The molecule has 0 unspecified atom stereocenters. The van der Waals surface area contributed by atoms with Crippen molar-refractivity contribution in [3.8, 4) is 5.75 Å². The normalized spacial score (nSPS) is 17.4. The lowest BCUT2D eigenvalue weighted by Gasteiger charge is -2.39. The smallest absolute Gasteiger partial charge is 0.410 e. The Bertz CT molecular complexity index is 1550. The van der Waals surface area contributed by atoms with Crippen LogP contribution in [0.2, 0.25) is 5.02 Å². The highest BCUT2D eigenvalue weighted by Crippen LogP contribution is 2.35. The molecule has 0 bridgehead atoms. The lowest BCUT2D eigenvalue weighted by Crippen LogP contribution is -2.46. The van der Waals surface area contributed by atoms with Gasteiger partial charge in [-0.1, -0.05) is 41.9 Å². The molecule has 8 nitrogen and oxygen atoms in total. The van der Waals surface area contributed by atoms with E-state index in [1.165, 1.54) is 24.3 Å². The van der Waals surface area contributed by atoms with E-state index in [4.69, 9.17) is 21.1 Å². The van der Waals surface area contributed by atoms with Gasteiger partial charge < -0.3 is 14.4 Å². The van der Waals surface area contributed by atoms with Crippen LogP contribution in [0.4, 0.5) is 13.6 Å². The Labute approximate surface area is 248 Å². The van der Waals surface area contributed by atoms with E-state index in [2.05, 4.69) is 0 Å². The maximum Gasteiger partial charge on any atom is 0.410 e. The summed E-state index contributed by atoms with van der Waals surface area (Å²) in [6.07, 6.45) is 0.0655. The van der Waals surface area contributed by atoms with Gasteiger partial charge >= 0.3 is 6.09 Å². The second kappa shape index (κ2) is 12.7. The Morgan fingerprint density at radius 2 is 1.69 bits per heavy atom. The molecule has 1 N–H and O–H groups in total. The number of rotatable bonds is 7. The van der Waals surface area contributed by atoms with E-state index in [1.54, 1.807) is 48.6 Å². The molecular formula is C30H31ClF2N2O6S. The fraction of sp³-hybridized carbons (Fsp3) is 0.333. The summed E-state index contributed by atoms with van der Waals surface area (Å²) >= 11 is 6.05. The number of halogens is 3. The van der Waals surface area contributed by atoms with Gasteiger partial charge in [0.25, 0.3) is 15.9 Å². The third-order valence-corrected chi connectivity index (χ3v) is 8.27. The standard InChI is InChI=1S/C30H31ClF2N2O6S/c1-30(2,3)41-29(37)35-14-13-23(19-9-11-22(31)12-10-19)21(17-35)18-40-26-15-25(33)27(16-24(26)32)42(38,39)34-28(36)20-7-5-4-6-8-20/h4-12,15-16,21,23H,13-14,17-18H2,1-3H3,(H,34,36)/t21-,23-/m0/s1. The highest BCUT2D eigenvalue weighted by molar-refractivity contribution is 7.90. The third-order valence-electron chi connectivity index (χ3n) is 6.68. The van der Waals surface area contributed by atoms with E-state index in [1.807, 2.05) is 12.1 Å². The van der Waals surface area contributed by atoms with Gasteiger partial charge in [0.2, 0.25) is 0 Å². The molecule has 0 saturated carbocycles. The maximum absolute atomic E-state index is 15.1. The van der Waals surface area contributed by atoms with Crippen LogP contribution in [0.15, 0.2) is 71.6 Å². The summed E-state index contributed by atoms with van der Waals surface area (Å²) in [6.45, 7) is 5.83. The zero-order chi connectivity index (χ0) is 30.7. The van der Waals surface area contributed by atoms with Crippen molar-refractivity contribution in [1.82, 2.24) is 9.62 Å². The van der Waals surface area contributed by atoms with Crippen molar-refractivity contribution in [2.24, 2.45) is 5.92 Å². The fourth-order valence-corrected chi connectivity index (χ4v) is 5.86. The zero-order valence-corrected chi connectivity index (χ0v) is 24.8. The second-order valence-corrected chi connectivity index (χ2v) is 13.0. The number of hydrogen-bond donors (Lipinski definition) is 1. The van der Waals surface area contributed by atoms with E-state index in [-0.39, 0.29) is 30.6 Å². The van der Waals surface area contributed by atoms with Gasteiger partial charge in [0.05, 0.1) is 6.61 Å². The number of carbonyl (C=O) groups is 2. The van der Waals surface area contributed by atoms with E-state index < -0.39 is 49.9 Å². The van der Waals surface area contributed by atoms with Crippen molar-refractivity contribution < 1.29 is 36.3 Å². The highest BCUT2D eigenvalue weighted by Gasteiger charge is 2.35. The van der Waals surface area contributed by atoms with E-state index >= 15 is 4.39 Å². The minimum atomic E-state index is -4.73. The summed E-state index contributed by atoms with van der Waals surface area (Å²) in [4.78, 5) is 25.6. The van der Waals surface area contributed by atoms with Crippen LogP contribution in [0.25, 0.3) is 0 Å². The van der Waals surface area contributed by atoms with E-state index in [0.717, 1.165) is 5.56 Å². The lowest BCUT2D eigenvalue weighted by atomic mass is 9.81. The Hall–Kier alpha value is -3.70. The summed E-state index contributed by atoms with van der Waals surface area (Å²) in [5, 5.41) is 0.560. The minimum absolute atomic E-state index is 0.0325. The van der Waals surface area contributed by atoms with Gasteiger partial charge in [0, 0.05) is 41.7 Å². The van der Waals surface area contributed by atoms with Gasteiger partial charge in [-0.2, -0.15) is 0 Å². The van der Waals surface area contributed by atoms with Crippen LogP contribution >= 0.6 is 11.6 Å². The molecule has 224 valence electrons. The minimum Gasteiger partial charge on any atom is -0.490 e. The maximum atomic E-state index is 15.1. The largest absolute Gasteiger partial charge is 0.490 e. The number of sulfonamides is 1. The van der Waals surface area contributed by atoms with Gasteiger partial charge in [-0.05, 0) is 62.9 Å². The number of ether oxygens (including phenoxy) is 2. The molecule has 42 heavy (non-hydrogen) atoms. The topological polar surface area (TPSA) is 102 Å². The summed E-state index contributed by atoms with van der Waals surface area (Å²) < 4.78 is 68.4. The van der Waals surface area contributed by atoms with Gasteiger partial charge in [-0.15, -0.1) is 0 Å². The van der Waals surface area contributed by atoms with Crippen molar-refractivity contribution in [2.45, 2.75) is 43.6 Å². The molecule has 1 aliphatic heterocycles. The van der Waals surface area contributed by atoms with Crippen LogP contribution in [0.1, 0.15) is 49.0 Å². The number of amides is 2. The molecule has 0 aromatic heterocycles. The van der Waals surface area contributed by atoms with Crippen LogP contribution in [-0.4, -0.2) is 50.6 Å². The van der Waals surface area contributed by atoms with Gasteiger partial charge in [-0.3, -0.25) is 4.79 Å². The number of benzene rings is 3. The monoisotopic (exact) mass is 620 g/mol. The first-order valence-electron chi connectivity index (χ1n) is 13.2. The summed E-state index contributed by atoms with van der Waals surface area (Å²) in [5.74, 6) is -4.37. The molecule has 1 saturated heterocycles. The van der Waals surface area contributed by atoms with Crippen LogP contribution in [0.3, 0.4) is 0 Å². The first-order valence-corrected chi connectivity index (χ1v) is 15.1. The SMILES string of the molecule is CC(C)(C)OC(=O)N1CC[C@@H](c2ccc(Cl)cc2)[C@H](COc2cc(F)c(S(=O)(=O)NC(=O)c3ccccc3)cc2F)C1. The fourth-order valence-electron chi connectivity index (χ4n) is 4.69. The number of nitrogens with one attached hydrogen (secondary N) is 1. The zero-order valence-electron chi connectivity index (χ0n) is 23.3. The van der Waals surface area contributed by atoms with Crippen molar-refractivity contribution >= 4 is 33.6 Å². The van der Waals surface area contributed by atoms with Crippen LogP contribution in [-0.2, 0) is 14.8 Å². The number of hydrogen-bond acceptors (Lipinski definition) is 6. The first kappa shape index (κ1) is 31.2. The van der Waals surface area contributed by atoms with Crippen LogP contribution in [0, 0.1) is 17.6 Å². The van der Waals surface area contributed by atoms with E-state index in [0.29, 0.717) is 30.1 Å². The van der Waals surface area contributed by atoms with Crippen LogP contribution < -0.4 is 9.46 Å². The highest BCUT2D eigenvalue weighted by atomic mass is 35.5. The molecule has 2 atom stereocenters. The average Bonchev–Trinajstić information content (AvgIpc) is 2.93. The second-order valence-electron chi connectivity index (χ2n) is 11.0. The number of carbonyl (C=O) groups excluding carboxylic acids is 2. The number of nitrogens with zero attached hydrogens (tertiary/aromatic N) is 1. The molecular weight excluding hydrogens is 590 g/mol. The molecule has 2 amide bonds. The van der Waals surface area contributed by atoms with Gasteiger partial charge in [0.1, 0.15) is 16.3 Å². The third kappa shape index (κ3) is 7.77. The average molecular weight is 621 g/mol. The first-order chi connectivity index (χ1) is 19.7. The molecule has 0 spiro atoms. The quantitative estimate of drug-likeness (QED) is 0.340. The Morgan fingerprint density at radius 3 is 2.33 bits per heavy atom. The molecule has 3 aromatic carbocycles. The van der Waals surface area contributed by atoms with Crippen molar-refractivity contribution in [1.29, 1.82) is 0 Å². The summed E-state index contributed by atoms with van der Waals surface area (Å²) in [6, 6.07) is 15.8. The number of piperidine rings is 1. The molecule has 12 heteroatoms. The molecule has 0 aliphatic carbocycles. The van der Waals surface area contributed by atoms with E-state index in [9.17, 15) is 22.4 Å². The van der Waals surface area contributed by atoms with Gasteiger partial charge in [0.15, 0.2) is 11.6 Å². The molecule has 4 rings (SSSR count). The molecule has 0 radical (unpaired) electrons. The molecule has 1 fully saturated rings. The van der Waals surface area contributed by atoms with Crippen LogP contribution in [0.5, 0.6) is 5.75 Å². The molecule has 3 aromatic rings. The predicted octanol–water partition coefficient (Wildman–Crippen LogP) is 6.16. The summed E-state index contributed by atoms with van der Waals surface area (Å²) in [7, 11) is -4.73. The molecule has 1 heterocycles. The molecule has 1 aliphatic rings. The van der Waals surface area contributed by atoms with Gasteiger partial charge in [-0.25, -0.2) is 26.7 Å².